The maximum Gasteiger partial charge on any atom is 0.254 e. The molecule has 1 unspecified atom stereocenters. The molecule has 2 aromatic rings. The first-order valence-corrected chi connectivity index (χ1v) is 8.91. The van der Waals surface area contributed by atoms with Crippen LogP contribution in [0.25, 0.3) is 0 Å². The zero-order chi connectivity index (χ0) is 17.6. The van der Waals surface area contributed by atoms with Crippen LogP contribution in [0.2, 0.25) is 0 Å². The number of piperazine rings is 1. The van der Waals surface area contributed by atoms with Gasteiger partial charge in [-0.3, -0.25) is 4.79 Å². The molecule has 1 aliphatic rings. The summed E-state index contributed by atoms with van der Waals surface area (Å²) in [7, 11) is 1.67. The molecule has 26 heavy (non-hydrogen) atoms. The van der Waals surface area contributed by atoms with E-state index in [1.807, 2.05) is 29.2 Å². The summed E-state index contributed by atoms with van der Waals surface area (Å²) >= 11 is 0. The Balaban J connectivity index is 0.00000243. The van der Waals surface area contributed by atoms with E-state index in [4.69, 9.17) is 4.74 Å². The molecule has 2 aromatic carbocycles. The highest BCUT2D eigenvalue weighted by Gasteiger charge is 2.28. The number of hydrogen-bond acceptors (Lipinski definition) is 3. The average molecular weight is 375 g/mol. The Morgan fingerprint density at radius 1 is 1.12 bits per heavy atom. The molecule has 5 heteroatoms. The van der Waals surface area contributed by atoms with Crippen LogP contribution in [-0.2, 0) is 17.8 Å². The molecule has 0 aromatic heterocycles. The van der Waals surface area contributed by atoms with Gasteiger partial charge in [-0.25, -0.2) is 0 Å². The Bertz CT molecular complexity index is 701. The first-order chi connectivity index (χ1) is 12.2. The fourth-order valence-corrected chi connectivity index (χ4v) is 3.30. The quantitative estimate of drug-likeness (QED) is 0.869. The second-order valence-electron chi connectivity index (χ2n) is 6.44. The fourth-order valence-electron chi connectivity index (χ4n) is 3.30. The summed E-state index contributed by atoms with van der Waals surface area (Å²) in [4.78, 5) is 15.0. The number of ether oxygens (including phenoxy) is 1. The lowest BCUT2D eigenvalue weighted by molar-refractivity contribution is 0.0634. The Morgan fingerprint density at radius 2 is 1.77 bits per heavy atom. The summed E-state index contributed by atoms with van der Waals surface area (Å²) < 4.78 is 5.13. The second-order valence-corrected chi connectivity index (χ2v) is 6.44. The summed E-state index contributed by atoms with van der Waals surface area (Å²) in [5.41, 5.74) is 4.32. The van der Waals surface area contributed by atoms with Crippen molar-refractivity contribution in [1.29, 1.82) is 0 Å². The summed E-state index contributed by atoms with van der Waals surface area (Å²) in [6, 6.07) is 16.4. The Kier molecular flexibility index (Phi) is 7.64. The van der Waals surface area contributed by atoms with Gasteiger partial charge >= 0.3 is 0 Å². The Hall–Kier alpha value is -1.88. The van der Waals surface area contributed by atoms with Crippen molar-refractivity contribution in [3.05, 3.63) is 70.8 Å². The molecular weight excluding hydrogens is 348 g/mol. The fraction of sp³-hybridized carbons (Fsp3) is 0.381. The Morgan fingerprint density at radius 3 is 2.38 bits per heavy atom. The SMILES string of the molecule is CCc1ccc(C2CNCCN2C(=O)c2ccc(COC)cc2)cc1.Cl. The number of nitrogens with zero attached hydrogens (tertiary/aromatic N) is 1. The number of carbonyl (C=O) groups is 1. The van der Waals surface area contributed by atoms with Crippen molar-refractivity contribution in [3.63, 3.8) is 0 Å². The van der Waals surface area contributed by atoms with E-state index < -0.39 is 0 Å². The van der Waals surface area contributed by atoms with E-state index in [9.17, 15) is 4.79 Å². The van der Waals surface area contributed by atoms with Gasteiger partial charge in [-0.15, -0.1) is 12.4 Å². The van der Waals surface area contributed by atoms with E-state index in [0.29, 0.717) is 6.61 Å². The lowest BCUT2D eigenvalue weighted by Crippen LogP contribution is -2.48. The molecule has 1 fully saturated rings. The second kappa shape index (κ2) is 9.72. The molecule has 1 N–H and O–H groups in total. The van der Waals surface area contributed by atoms with Crippen molar-refractivity contribution in [2.75, 3.05) is 26.7 Å². The molecule has 1 aliphatic heterocycles. The van der Waals surface area contributed by atoms with Crippen molar-refractivity contribution in [2.45, 2.75) is 26.0 Å². The molecule has 1 atom stereocenters. The number of aryl methyl sites for hydroxylation is 1. The van der Waals surface area contributed by atoms with E-state index in [2.05, 4.69) is 36.5 Å². The lowest BCUT2D eigenvalue weighted by Gasteiger charge is -2.36. The van der Waals surface area contributed by atoms with Crippen LogP contribution in [0.5, 0.6) is 0 Å². The normalized spacial score (nSPS) is 16.8. The van der Waals surface area contributed by atoms with Crippen molar-refractivity contribution in [2.24, 2.45) is 0 Å². The van der Waals surface area contributed by atoms with E-state index in [1.165, 1.54) is 11.1 Å². The van der Waals surface area contributed by atoms with Gasteiger partial charge in [-0.2, -0.15) is 0 Å². The molecule has 140 valence electrons. The number of halogens is 1. The molecule has 0 aliphatic carbocycles. The molecule has 1 amide bonds. The van der Waals surface area contributed by atoms with Crippen LogP contribution in [0.1, 0.15) is 40.0 Å². The molecule has 4 nitrogen and oxygen atoms in total. The Labute approximate surface area is 162 Å². The van der Waals surface area contributed by atoms with Gasteiger partial charge in [0.05, 0.1) is 12.6 Å². The maximum absolute atomic E-state index is 13.0. The van der Waals surface area contributed by atoms with E-state index in [0.717, 1.165) is 37.2 Å². The van der Waals surface area contributed by atoms with Gasteiger partial charge in [0.2, 0.25) is 0 Å². The summed E-state index contributed by atoms with van der Waals surface area (Å²) in [5, 5.41) is 3.41. The number of carbonyl (C=O) groups excluding carboxylic acids is 1. The summed E-state index contributed by atoms with van der Waals surface area (Å²) in [6.45, 7) is 5.06. The predicted molar refractivity (Wildman–Crippen MR) is 107 cm³/mol. The highest BCUT2D eigenvalue weighted by Crippen LogP contribution is 2.25. The van der Waals surface area contributed by atoms with Gasteiger partial charge in [0.1, 0.15) is 0 Å². The third kappa shape index (κ3) is 4.64. The third-order valence-electron chi connectivity index (χ3n) is 4.79. The molecule has 1 heterocycles. The van der Waals surface area contributed by atoms with Crippen molar-refractivity contribution in [1.82, 2.24) is 10.2 Å². The van der Waals surface area contributed by atoms with Crippen LogP contribution >= 0.6 is 12.4 Å². The van der Waals surface area contributed by atoms with Crippen LogP contribution in [0.15, 0.2) is 48.5 Å². The topological polar surface area (TPSA) is 41.6 Å². The van der Waals surface area contributed by atoms with Gasteiger partial charge in [-0.05, 0) is 35.2 Å². The van der Waals surface area contributed by atoms with Gasteiger partial charge in [-0.1, -0.05) is 43.3 Å². The number of benzene rings is 2. The molecule has 0 spiro atoms. The molecule has 1 saturated heterocycles. The van der Waals surface area contributed by atoms with E-state index in [-0.39, 0.29) is 24.4 Å². The number of amides is 1. The van der Waals surface area contributed by atoms with Crippen molar-refractivity contribution >= 4 is 18.3 Å². The maximum atomic E-state index is 13.0. The molecule has 0 bridgehead atoms. The summed E-state index contributed by atoms with van der Waals surface area (Å²) in [6.07, 6.45) is 1.03. The largest absolute Gasteiger partial charge is 0.380 e. The summed E-state index contributed by atoms with van der Waals surface area (Å²) in [5.74, 6) is 0.0926. The van der Waals surface area contributed by atoms with Crippen LogP contribution < -0.4 is 5.32 Å². The van der Waals surface area contributed by atoms with Crippen LogP contribution in [0.3, 0.4) is 0 Å². The van der Waals surface area contributed by atoms with Crippen LogP contribution in [-0.4, -0.2) is 37.6 Å². The minimum Gasteiger partial charge on any atom is -0.380 e. The van der Waals surface area contributed by atoms with Gasteiger partial charge in [0.15, 0.2) is 0 Å². The zero-order valence-corrected chi connectivity index (χ0v) is 16.2. The number of hydrogen-bond donors (Lipinski definition) is 1. The van der Waals surface area contributed by atoms with Gasteiger partial charge < -0.3 is 15.0 Å². The van der Waals surface area contributed by atoms with Crippen molar-refractivity contribution < 1.29 is 9.53 Å². The molecule has 3 rings (SSSR count). The van der Waals surface area contributed by atoms with Gasteiger partial charge in [0.25, 0.3) is 5.91 Å². The van der Waals surface area contributed by atoms with Gasteiger partial charge in [0, 0.05) is 32.3 Å². The highest BCUT2D eigenvalue weighted by atomic mass is 35.5. The van der Waals surface area contributed by atoms with Crippen molar-refractivity contribution in [3.8, 4) is 0 Å². The number of nitrogens with one attached hydrogen (secondary N) is 1. The third-order valence-corrected chi connectivity index (χ3v) is 4.79. The van der Waals surface area contributed by atoms with Crippen LogP contribution in [0, 0.1) is 0 Å². The molecule has 0 radical (unpaired) electrons. The zero-order valence-electron chi connectivity index (χ0n) is 15.4. The minimum atomic E-state index is 0. The number of methoxy groups -OCH3 is 1. The first kappa shape index (κ1) is 20.4. The smallest absolute Gasteiger partial charge is 0.254 e. The van der Waals surface area contributed by atoms with E-state index in [1.54, 1.807) is 7.11 Å². The first-order valence-electron chi connectivity index (χ1n) is 8.91. The number of rotatable bonds is 5. The highest BCUT2D eigenvalue weighted by molar-refractivity contribution is 5.94. The van der Waals surface area contributed by atoms with E-state index >= 15 is 0 Å². The molecule has 0 saturated carbocycles. The minimum absolute atomic E-state index is 0. The van der Waals surface area contributed by atoms with Crippen LogP contribution in [0.4, 0.5) is 0 Å². The average Bonchev–Trinajstić information content (AvgIpc) is 2.68. The standard InChI is InChI=1S/C21H26N2O2.ClH/c1-3-16-4-8-18(9-5-16)20-14-22-12-13-23(20)21(24)19-10-6-17(7-11-19)15-25-2;/h4-11,20,22H,3,12-15H2,1-2H3;1H. The predicted octanol–water partition coefficient (Wildman–Crippen LogP) is 3.60. The lowest BCUT2D eigenvalue weighted by atomic mass is 10.00. The monoisotopic (exact) mass is 374 g/mol. The molecular formula is C21H27ClN2O2.